The Hall–Kier alpha value is -0.540. The fraction of sp³-hybridized carbons (Fsp3) is 0.500. The van der Waals surface area contributed by atoms with Crippen molar-refractivity contribution in [3.05, 3.63) is 29.8 Å². The highest BCUT2D eigenvalue weighted by Gasteiger charge is 2.21. The Morgan fingerprint density at radius 3 is 3.07 bits per heavy atom. The van der Waals surface area contributed by atoms with Crippen molar-refractivity contribution in [1.82, 2.24) is 5.32 Å². The van der Waals surface area contributed by atoms with Crippen molar-refractivity contribution in [3.63, 3.8) is 0 Å². The molecule has 2 nitrogen and oxygen atoms in total. The predicted molar refractivity (Wildman–Crippen MR) is 65.8 cm³/mol. The van der Waals surface area contributed by atoms with Gasteiger partial charge < -0.3 is 10.1 Å². The van der Waals surface area contributed by atoms with Gasteiger partial charge in [0.25, 0.3) is 0 Å². The molecule has 1 N–H and O–H groups in total. The summed E-state index contributed by atoms with van der Waals surface area (Å²) >= 11 is 3.45. The molecule has 0 saturated heterocycles. The van der Waals surface area contributed by atoms with Gasteiger partial charge in [-0.1, -0.05) is 34.1 Å². The van der Waals surface area contributed by atoms with Gasteiger partial charge in [0, 0.05) is 24.3 Å². The van der Waals surface area contributed by atoms with Crippen molar-refractivity contribution in [1.29, 1.82) is 0 Å². The molecule has 0 amide bonds. The van der Waals surface area contributed by atoms with Crippen molar-refractivity contribution >= 4 is 15.9 Å². The minimum absolute atomic E-state index is 0.295. The third-order valence-corrected chi connectivity index (χ3v) is 3.61. The Balaban J connectivity index is 1.85. The first-order valence-electron chi connectivity index (χ1n) is 5.33. The van der Waals surface area contributed by atoms with Crippen LogP contribution < -0.4 is 10.1 Å². The maximum Gasteiger partial charge on any atom is 0.123 e. The molecule has 15 heavy (non-hydrogen) atoms. The van der Waals surface area contributed by atoms with E-state index in [1.807, 2.05) is 12.1 Å². The fourth-order valence-corrected chi connectivity index (χ4v) is 1.98. The summed E-state index contributed by atoms with van der Waals surface area (Å²) in [7, 11) is 0. The SMILES string of the molecule is CC(CBr)NCC1Cc2ccccc2O1. The highest BCUT2D eigenvalue weighted by molar-refractivity contribution is 9.09. The molecule has 2 atom stereocenters. The molecule has 0 bridgehead atoms. The summed E-state index contributed by atoms with van der Waals surface area (Å²) < 4.78 is 5.82. The second-order valence-electron chi connectivity index (χ2n) is 4.02. The van der Waals surface area contributed by atoms with E-state index < -0.39 is 0 Å². The zero-order valence-corrected chi connectivity index (χ0v) is 10.5. The van der Waals surface area contributed by atoms with Crippen LogP contribution in [0.5, 0.6) is 5.75 Å². The van der Waals surface area contributed by atoms with E-state index in [0.29, 0.717) is 12.1 Å². The highest BCUT2D eigenvalue weighted by atomic mass is 79.9. The molecule has 3 heteroatoms. The van der Waals surface area contributed by atoms with Crippen LogP contribution in [0.4, 0.5) is 0 Å². The lowest BCUT2D eigenvalue weighted by Gasteiger charge is -2.15. The Kier molecular flexibility index (Phi) is 3.65. The summed E-state index contributed by atoms with van der Waals surface area (Å²) in [5.74, 6) is 1.05. The van der Waals surface area contributed by atoms with Gasteiger partial charge in [0.2, 0.25) is 0 Å². The van der Waals surface area contributed by atoms with Gasteiger partial charge in [-0.3, -0.25) is 0 Å². The largest absolute Gasteiger partial charge is 0.488 e. The minimum atomic E-state index is 0.295. The van der Waals surface area contributed by atoms with Crippen molar-refractivity contribution in [3.8, 4) is 5.75 Å². The fourth-order valence-electron chi connectivity index (χ4n) is 1.75. The first-order chi connectivity index (χ1) is 7.29. The molecular weight excluding hydrogens is 254 g/mol. The number of ether oxygens (including phenoxy) is 1. The van der Waals surface area contributed by atoms with Crippen LogP contribution in [0.3, 0.4) is 0 Å². The normalized spacial score (nSPS) is 20.8. The molecule has 0 fully saturated rings. The molecule has 0 aromatic heterocycles. The molecule has 1 heterocycles. The van der Waals surface area contributed by atoms with Crippen LogP contribution >= 0.6 is 15.9 Å². The van der Waals surface area contributed by atoms with E-state index in [9.17, 15) is 0 Å². The van der Waals surface area contributed by atoms with Gasteiger partial charge in [-0.25, -0.2) is 0 Å². The van der Waals surface area contributed by atoms with Crippen molar-refractivity contribution in [2.24, 2.45) is 0 Å². The molecule has 0 radical (unpaired) electrons. The second-order valence-corrected chi connectivity index (χ2v) is 4.66. The summed E-state index contributed by atoms with van der Waals surface area (Å²) in [6.45, 7) is 3.08. The van der Waals surface area contributed by atoms with E-state index in [2.05, 4.69) is 40.3 Å². The summed E-state index contributed by atoms with van der Waals surface area (Å²) in [6.07, 6.45) is 1.32. The summed E-state index contributed by atoms with van der Waals surface area (Å²) in [4.78, 5) is 0. The zero-order valence-electron chi connectivity index (χ0n) is 8.87. The van der Waals surface area contributed by atoms with Crippen molar-refractivity contribution in [2.75, 3.05) is 11.9 Å². The lowest BCUT2D eigenvalue weighted by molar-refractivity contribution is 0.224. The summed E-state index contributed by atoms with van der Waals surface area (Å²) in [5, 5.41) is 4.42. The molecule has 1 aromatic carbocycles. The lowest BCUT2D eigenvalue weighted by atomic mass is 10.1. The number of hydrogen-bond acceptors (Lipinski definition) is 2. The summed E-state index contributed by atoms with van der Waals surface area (Å²) in [5.41, 5.74) is 1.33. The molecular formula is C12H16BrNO. The first kappa shape index (κ1) is 11.0. The van der Waals surface area contributed by atoms with Crippen LogP contribution in [0.1, 0.15) is 12.5 Å². The lowest BCUT2D eigenvalue weighted by Crippen LogP contribution is -2.36. The van der Waals surface area contributed by atoms with E-state index in [0.717, 1.165) is 24.0 Å². The number of nitrogens with one attached hydrogen (secondary N) is 1. The summed E-state index contributed by atoms with van der Waals surface area (Å²) in [6, 6.07) is 8.78. The third kappa shape index (κ3) is 2.73. The molecule has 1 aromatic rings. The number of halogens is 1. The third-order valence-electron chi connectivity index (χ3n) is 2.64. The predicted octanol–water partition coefficient (Wildman–Crippen LogP) is 2.36. The van der Waals surface area contributed by atoms with Gasteiger partial charge >= 0.3 is 0 Å². The maximum atomic E-state index is 5.82. The Bertz CT molecular complexity index is 304. The monoisotopic (exact) mass is 269 g/mol. The van der Waals surface area contributed by atoms with Gasteiger partial charge in [0.15, 0.2) is 0 Å². The van der Waals surface area contributed by atoms with Gasteiger partial charge in [0.1, 0.15) is 11.9 Å². The highest BCUT2D eigenvalue weighted by Crippen LogP contribution is 2.27. The van der Waals surface area contributed by atoms with Gasteiger partial charge in [-0.05, 0) is 18.6 Å². The van der Waals surface area contributed by atoms with Gasteiger partial charge in [-0.15, -0.1) is 0 Å². The first-order valence-corrected chi connectivity index (χ1v) is 6.45. The van der Waals surface area contributed by atoms with E-state index in [-0.39, 0.29) is 0 Å². The number of hydrogen-bond donors (Lipinski definition) is 1. The van der Waals surface area contributed by atoms with Crippen LogP contribution in [-0.4, -0.2) is 24.0 Å². The topological polar surface area (TPSA) is 21.3 Å². The number of para-hydroxylation sites is 1. The standard InChI is InChI=1S/C12H16BrNO/c1-9(7-13)14-8-11-6-10-4-2-3-5-12(10)15-11/h2-5,9,11,14H,6-8H2,1H3. The van der Waals surface area contributed by atoms with E-state index in [1.54, 1.807) is 0 Å². The Morgan fingerprint density at radius 1 is 1.53 bits per heavy atom. The van der Waals surface area contributed by atoms with Crippen LogP contribution in [0.25, 0.3) is 0 Å². The molecule has 0 spiro atoms. The minimum Gasteiger partial charge on any atom is -0.488 e. The van der Waals surface area contributed by atoms with Crippen LogP contribution in [-0.2, 0) is 6.42 Å². The molecule has 2 unspecified atom stereocenters. The number of fused-ring (bicyclic) bond motifs is 1. The molecule has 0 saturated carbocycles. The molecule has 1 aliphatic heterocycles. The number of benzene rings is 1. The Labute approximate surface area is 99.1 Å². The van der Waals surface area contributed by atoms with E-state index in [4.69, 9.17) is 4.74 Å². The van der Waals surface area contributed by atoms with E-state index in [1.165, 1.54) is 5.56 Å². The zero-order chi connectivity index (χ0) is 10.7. The average molecular weight is 270 g/mol. The number of alkyl halides is 1. The molecule has 0 aliphatic carbocycles. The van der Waals surface area contributed by atoms with Gasteiger partial charge in [-0.2, -0.15) is 0 Å². The van der Waals surface area contributed by atoms with Crippen molar-refractivity contribution < 1.29 is 4.74 Å². The molecule has 2 rings (SSSR count). The van der Waals surface area contributed by atoms with E-state index >= 15 is 0 Å². The smallest absolute Gasteiger partial charge is 0.123 e. The average Bonchev–Trinajstić information content (AvgIpc) is 2.68. The van der Waals surface area contributed by atoms with Gasteiger partial charge in [0.05, 0.1) is 0 Å². The molecule has 82 valence electrons. The quantitative estimate of drug-likeness (QED) is 0.848. The van der Waals surface area contributed by atoms with Crippen molar-refractivity contribution in [2.45, 2.75) is 25.5 Å². The van der Waals surface area contributed by atoms with Crippen LogP contribution in [0.2, 0.25) is 0 Å². The van der Waals surface area contributed by atoms with Crippen LogP contribution in [0.15, 0.2) is 24.3 Å². The second kappa shape index (κ2) is 4.99. The van der Waals surface area contributed by atoms with Crippen LogP contribution in [0, 0.1) is 0 Å². The molecule has 1 aliphatic rings. The Morgan fingerprint density at radius 2 is 2.33 bits per heavy atom. The maximum absolute atomic E-state index is 5.82. The number of rotatable bonds is 4.